The third kappa shape index (κ3) is 5.11. The third-order valence-electron chi connectivity index (χ3n) is 7.28. The van der Waals surface area contributed by atoms with Gasteiger partial charge < -0.3 is 19.7 Å². The zero-order chi connectivity index (χ0) is 27.8. The Morgan fingerprint density at radius 2 is 2.00 bits per heavy atom. The minimum absolute atomic E-state index is 0.180. The number of hydrogen-bond donors (Lipinski definition) is 1. The van der Waals surface area contributed by atoms with Crippen LogP contribution >= 0.6 is 11.3 Å². The number of nitrogens with zero attached hydrogens (tertiary/aromatic N) is 7. The van der Waals surface area contributed by atoms with Gasteiger partial charge in [0.25, 0.3) is 5.91 Å². The van der Waals surface area contributed by atoms with Crippen LogP contribution in [0.4, 0.5) is 20.4 Å². The lowest BCUT2D eigenvalue weighted by molar-refractivity contribution is -0.110. The van der Waals surface area contributed by atoms with Crippen molar-refractivity contribution in [3.63, 3.8) is 0 Å². The molecule has 2 aliphatic heterocycles. The summed E-state index contributed by atoms with van der Waals surface area (Å²) in [4.78, 5) is 35.9. The average molecular weight is 563 g/mol. The molecule has 5 heterocycles. The summed E-state index contributed by atoms with van der Waals surface area (Å²) in [5, 5.41) is 2.86. The van der Waals surface area contributed by atoms with Crippen LogP contribution in [0.15, 0.2) is 42.4 Å². The van der Waals surface area contributed by atoms with Gasteiger partial charge in [-0.1, -0.05) is 0 Å². The molecule has 0 spiro atoms. The summed E-state index contributed by atoms with van der Waals surface area (Å²) in [6.45, 7) is 2.99. The number of halogens is 2. The Balaban J connectivity index is 1.26. The van der Waals surface area contributed by atoms with Gasteiger partial charge in [0, 0.05) is 54.9 Å². The SMILES string of the molecule is CN(C)CCn1cc(-c2ccc(F)c(F)c2)nc1C1CCN(c2ncnc3c2C(=Cc2cncs2)C(=O)N3)CC1. The van der Waals surface area contributed by atoms with Gasteiger partial charge in [-0.05, 0) is 51.2 Å². The van der Waals surface area contributed by atoms with E-state index in [-0.39, 0.29) is 11.8 Å². The maximum atomic E-state index is 14.0. The number of benzene rings is 1. The molecular formula is C28H28F2N8OS. The Hall–Kier alpha value is -4.03. The first-order chi connectivity index (χ1) is 19.4. The van der Waals surface area contributed by atoms with Crippen molar-refractivity contribution in [1.82, 2.24) is 29.4 Å². The number of rotatable bonds is 7. The molecule has 0 unspecified atom stereocenters. The van der Waals surface area contributed by atoms with Crippen LogP contribution in [0.1, 0.15) is 35.0 Å². The van der Waals surface area contributed by atoms with Gasteiger partial charge in [0.05, 0.1) is 22.3 Å². The molecule has 0 bridgehead atoms. The van der Waals surface area contributed by atoms with Crippen LogP contribution in [0.2, 0.25) is 0 Å². The Bertz CT molecular complexity index is 1580. The van der Waals surface area contributed by atoms with Crippen LogP contribution in [0.5, 0.6) is 0 Å². The van der Waals surface area contributed by atoms with E-state index in [4.69, 9.17) is 4.98 Å². The summed E-state index contributed by atoms with van der Waals surface area (Å²) in [7, 11) is 4.03. The summed E-state index contributed by atoms with van der Waals surface area (Å²) in [5.74, 6) is 0.411. The highest BCUT2D eigenvalue weighted by Crippen LogP contribution is 2.40. The second kappa shape index (κ2) is 10.9. The van der Waals surface area contributed by atoms with E-state index in [9.17, 15) is 13.6 Å². The first-order valence-electron chi connectivity index (χ1n) is 13.1. The first kappa shape index (κ1) is 26.2. The van der Waals surface area contributed by atoms with Crippen molar-refractivity contribution < 1.29 is 13.6 Å². The molecule has 6 rings (SSSR count). The number of aromatic nitrogens is 5. The Morgan fingerprint density at radius 3 is 2.73 bits per heavy atom. The van der Waals surface area contributed by atoms with Crippen LogP contribution in [0.3, 0.4) is 0 Å². The van der Waals surface area contributed by atoms with Gasteiger partial charge in [0.15, 0.2) is 11.6 Å². The molecule has 1 fully saturated rings. The summed E-state index contributed by atoms with van der Waals surface area (Å²) in [6.07, 6.45) is 8.63. The lowest BCUT2D eigenvalue weighted by atomic mass is 9.95. The van der Waals surface area contributed by atoms with Gasteiger partial charge in [-0.3, -0.25) is 9.78 Å². The number of amides is 1. The minimum Gasteiger partial charge on any atom is -0.356 e. The molecule has 1 N–H and O–H groups in total. The molecule has 2 aliphatic rings. The van der Waals surface area contributed by atoms with Crippen LogP contribution in [-0.2, 0) is 11.3 Å². The van der Waals surface area contributed by atoms with Crippen LogP contribution < -0.4 is 10.2 Å². The summed E-state index contributed by atoms with van der Waals surface area (Å²) in [5.41, 5.74) is 4.16. The molecule has 0 atom stereocenters. The van der Waals surface area contributed by atoms with Gasteiger partial charge in [-0.25, -0.2) is 23.7 Å². The molecule has 0 saturated carbocycles. The van der Waals surface area contributed by atoms with Gasteiger partial charge >= 0.3 is 0 Å². The minimum atomic E-state index is -0.885. The average Bonchev–Trinajstić information content (AvgIpc) is 3.69. The van der Waals surface area contributed by atoms with Crippen LogP contribution in [0.25, 0.3) is 22.9 Å². The Morgan fingerprint density at radius 1 is 1.18 bits per heavy atom. The fourth-order valence-electron chi connectivity index (χ4n) is 5.21. The highest BCUT2D eigenvalue weighted by Gasteiger charge is 2.33. The Labute approximate surface area is 234 Å². The highest BCUT2D eigenvalue weighted by molar-refractivity contribution is 7.10. The van der Waals surface area contributed by atoms with Crippen LogP contribution in [-0.4, -0.2) is 69.0 Å². The predicted molar refractivity (Wildman–Crippen MR) is 151 cm³/mol. The van der Waals surface area contributed by atoms with E-state index in [1.165, 1.54) is 23.7 Å². The highest BCUT2D eigenvalue weighted by atomic mass is 32.1. The fraction of sp³-hybridized carbons (Fsp3) is 0.321. The smallest absolute Gasteiger partial charge is 0.257 e. The molecule has 1 aromatic carbocycles. The van der Waals surface area contributed by atoms with Crippen molar-refractivity contribution >= 4 is 40.5 Å². The third-order valence-corrected chi connectivity index (χ3v) is 8.00. The van der Waals surface area contributed by atoms with E-state index in [1.54, 1.807) is 17.8 Å². The lowest BCUT2D eigenvalue weighted by Gasteiger charge is -2.33. The first-order valence-corrected chi connectivity index (χ1v) is 13.9. The summed E-state index contributed by atoms with van der Waals surface area (Å²) < 4.78 is 29.7. The van der Waals surface area contributed by atoms with Gasteiger partial charge in [-0.15, -0.1) is 11.3 Å². The number of piperidine rings is 1. The van der Waals surface area contributed by atoms with E-state index < -0.39 is 11.6 Å². The van der Waals surface area contributed by atoms with Gasteiger partial charge in [0.1, 0.15) is 23.8 Å². The lowest BCUT2D eigenvalue weighted by Crippen LogP contribution is -2.35. The fourth-order valence-corrected chi connectivity index (χ4v) is 5.76. The monoisotopic (exact) mass is 562 g/mol. The molecule has 3 aromatic heterocycles. The van der Waals surface area contributed by atoms with Crippen molar-refractivity contribution in [2.75, 3.05) is 43.9 Å². The molecule has 0 radical (unpaired) electrons. The van der Waals surface area contributed by atoms with E-state index in [0.29, 0.717) is 28.2 Å². The molecule has 12 heteroatoms. The maximum absolute atomic E-state index is 14.0. The molecule has 9 nitrogen and oxygen atoms in total. The number of carbonyl (C=O) groups excluding carboxylic acids is 1. The van der Waals surface area contributed by atoms with Crippen molar-refractivity contribution in [1.29, 1.82) is 0 Å². The van der Waals surface area contributed by atoms with E-state index >= 15 is 0 Å². The number of anilines is 2. The van der Waals surface area contributed by atoms with Crippen molar-refractivity contribution in [2.45, 2.75) is 25.3 Å². The van der Waals surface area contributed by atoms with Gasteiger partial charge in [0.2, 0.25) is 0 Å². The standard InChI is InChI=1S/C28H28F2N8OS/c1-36(2)9-10-38-14-23(18-3-4-21(29)22(30)11-18)34-26(38)17-5-7-37(8-6-17)27-24-20(12-19-13-31-16-40-19)28(39)35-25(24)32-15-33-27/h3-4,11-17H,5-10H2,1-2H3,(H,32,33,35,39). The number of nitrogens with one attached hydrogen (secondary N) is 1. The quantitative estimate of drug-likeness (QED) is 0.331. The van der Waals surface area contributed by atoms with E-state index in [2.05, 4.69) is 34.6 Å². The second-order valence-electron chi connectivity index (χ2n) is 10.2. The normalized spacial score (nSPS) is 16.7. The zero-order valence-electron chi connectivity index (χ0n) is 22.1. The zero-order valence-corrected chi connectivity index (χ0v) is 23.0. The number of carbonyl (C=O) groups is 1. The maximum Gasteiger partial charge on any atom is 0.257 e. The molecule has 40 heavy (non-hydrogen) atoms. The van der Waals surface area contributed by atoms with Crippen LogP contribution in [0, 0.1) is 11.6 Å². The number of hydrogen-bond acceptors (Lipinski definition) is 8. The molecule has 1 saturated heterocycles. The second-order valence-corrected chi connectivity index (χ2v) is 11.1. The number of thiazole rings is 1. The van der Waals surface area contributed by atoms with Crippen molar-refractivity contribution in [3.05, 3.63) is 70.3 Å². The summed E-state index contributed by atoms with van der Waals surface area (Å²) >= 11 is 1.46. The van der Waals surface area contributed by atoms with E-state index in [1.807, 2.05) is 26.4 Å². The molecule has 206 valence electrons. The molecular weight excluding hydrogens is 534 g/mol. The predicted octanol–water partition coefficient (Wildman–Crippen LogP) is 4.51. The molecule has 4 aromatic rings. The largest absolute Gasteiger partial charge is 0.356 e. The van der Waals surface area contributed by atoms with Crippen molar-refractivity contribution in [2.24, 2.45) is 0 Å². The van der Waals surface area contributed by atoms with Gasteiger partial charge in [-0.2, -0.15) is 0 Å². The van der Waals surface area contributed by atoms with Crippen molar-refractivity contribution in [3.8, 4) is 11.3 Å². The Kier molecular flexibility index (Phi) is 7.11. The number of imidazole rings is 1. The molecule has 1 amide bonds. The topological polar surface area (TPSA) is 92.1 Å². The van der Waals surface area contributed by atoms with E-state index in [0.717, 1.165) is 61.6 Å². The molecule has 0 aliphatic carbocycles. The summed E-state index contributed by atoms with van der Waals surface area (Å²) in [6, 6.07) is 3.90. The number of fused-ring (bicyclic) bond motifs is 1. The number of likely N-dealkylation sites (N-methyl/N-ethyl adjacent to an activating group) is 1.